The normalized spacial score (nSPS) is 11.6. The number of amides is 1. The van der Waals surface area contributed by atoms with Crippen molar-refractivity contribution in [3.8, 4) is 17.0 Å². The summed E-state index contributed by atoms with van der Waals surface area (Å²) in [5.74, 6) is -0.833. The quantitative estimate of drug-likeness (QED) is 0.479. The summed E-state index contributed by atoms with van der Waals surface area (Å²) in [6, 6.07) is 23.6. The number of aromatic hydroxyl groups is 1. The summed E-state index contributed by atoms with van der Waals surface area (Å²) in [4.78, 5) is 30.4. The SMILES string of the molecule is COC(=O)[C@H](NC(=O)c1cc(-c2ccc(O)cc2)nc2ccccc12)c1ccccc1. The van der Waals surface area contributed by atoms with Crippen molar-refractivity contribution in [2.24, 2.45) is 0 Å². The number of benzene rings is 3. The van der Waals surface area contributed by atoms with Crippen molar-refractivity contribution in [3.63, 3.8) is 0 Å². The molecule has 3 aromatic carbocycles. The highest BCUT2D eigenvalue weighted by atomic mass is 16.5. The fraction of sp³-hybridized carbons (Fsp3) is 0.0800. The highest BCUT2D eigenvalue weighted by molar-refractivity contribution is 6.08. The molecule has 0 saturated carbocycles. The molecule has 0 fully saturated rings. The fourth-order valence-corrected chi connectivity index (χ4v) is 3.39. The Labute approximate surface area is 179 Å². The summed E-state index contributed by atoms with van der Waals surface area (Å²) in [6.07, 6.45) is 0. The van der Waals surface area contributed by atoms with Crippen LogP contribution in [0.25, 0.3) is 22.2 Å². The number of methoxy groups -OCH3 is 1. The Morgan fingerprint density at radius 1 is 0.935 bits per heavy atom. The lowest BCUT2D eigenvalue weighted by Gasteiger charge is -2.18. The summed E-state index contributed by atoms with van der Waals surface area (Å²) in [5, 5.41) is 13.0. The lowest BCUT2D eigenvalue weighted by molar-refractivity contribution is -0.143. The van der Waals surface area contributed by atoms with E-state index in [2.05, 4.69) is 10.3 Å². The number of esters is 1. The van der Waals surface area contributed by atoms with E-state index >= 15 is 0 Å². The highest BCUT2D eigenvalue weighted by Gasteiger charge is 2.25. The molecule has 31 heavy (non-hydrogen) atoms. The Morgan fingerprint density at radius 3 is 2.32 bits per heavy atom. The number of phenols is 1. The van der Waals surface area contributed by atoms with E-state index in [-0.39, 0.29) is 5.75 Å². The number of carbonyl (C=O) groups is 2. The van der Waals surface area contributed by atoms with Crippen LogP contribution in [0, 0.1) is 0 Å². The van der Waals surface area contributed by atoms with E-state index in [0.29, 0.717) is 27.7 Å². The molecule has 4 aromatic rings. The second kappa shape index (κ2) is 8.67. The standard InChI is InChI=1S/C25H20N2O4/c1-31-25(30)23(17-7-3-2-4-8-17)27-24(29)20-15-22(16-11-13-18(28)14-12-16)26-21-10-6-5-9-19(20)21/h2-15,23,28H,1H3,(H,27,29)/t23-/m1/s1. The Balaban J connectivity index is 1.77. The zero-order chi connectivity index (χ0) is 21.8. The van der Waals surface area contributed by atoms with Gasteiger partial charge < -0.3 is 15.2 Å². The molecule has 154 valence electrons. The average molecular weight is 412 g/mol. The van der Waals surface area contributed by atoms with E-state index in [9.17, 15) is 14.7 Å². The number of hydrogen-bond donors (Lipinski definition) is 2. The number of nitrogens with zero attached hydrogens (tertiary/aromatic N) is 1. The third kappa shape index (κ3) is 4.23. The predicted octanol–water partition coefficient (Wildman–Crippen LogP) is 4.25. The van der Waals surface area contributed by atoms with Gasteiger partial charge in [-0.3, -0.25) is 4.79 Å². The second-order valence-corrected chi connectivity index (χ2v) is 6.96. The zero-order valence-corrected chi connectivity index (χ0v) is 16.8. The Hall–Kier alpha value is -4.19. The fourth-order valence-electron chi connectivity index (χ4n) is 3.39. The number of para-hydroxylation sites is 1. The van der Waals surface area contributed by atoms with Crippen molar-refractivity contribution in [3.05, 3.63) is 96.1 Å². The number of pyridine rings is 1. The molecule has 0 radical (unpaired) electrons. The molecular weight excluding hydrogens is 392 g/mol. The van der Waals surface area contributed by atoms with Gasteiger partial charge in [-0.1, -0.05) is 48.5 Å². The van der Waals surface area contributed by atoms with E-state index in [4.69, 9.17) is 4.74 Å². The van der Waals surface area contributed by atoms with Crippen LogP contribution < -0.4 is 5.32 Å². The minimum Gasteiger partial charge on any atom is -0.508 e. The van der Waals surface area contributed by atoms with Gasteiger partial charge in [0.25, 0.3) is 5.91 Å². The number of rotatable bonds is 5. The number of carbonyl (C=O) groups excluding carboxylic acids is 2. The first-order valence-electron chi connectivity index (χ1n) is 9.69. The van der Waals surface area contributed by atoms with Gasteiger partial charge in [0, 0.05) is 10.9 Å². The largest absolute Gasteiger partial charge is 0.508 e. The van der Waals surface area contributed by atoms with Gasteiger partial charge in [-0.05, 0) is 42.0 Å². The van der Waals surface area contributed by atoms with Gasteiger partial charge in [0.15, 0.2) is 6.04 Å². The monoisotopic (exact) mass is 412 g/mol. The van der Waals surface area contributed by atoms with Crippen LogP contribution in [0.2, 0.25) is 0 Å². The summed E-state index contributed by atoms with van der Waals surface area (Å²) in [6.45, 7) is 0. The minimum atomic E-state index is -0.942. The molecule has 0 aliphatic rings. The molecular formula is C25H20N2O4. The first-order chi connectivity index (χ1) is 15.1. The second-order valence-electron chi connectivity index (χ2n) is 6.96. The van der Waals surface area contributed by atoms with Gasteiger partial charge in [-0.2, -0.15) is 0 Å². The maximum absolute atomic E-state index is 13.3. The minimum absolute atomic E-state index is 0.145. The molecule has 2 N–H and O–H groups in total. The van der Waals surface area contributed by atoms with Crippen molar-refractivity contribution in [1.29, 1.82) is 0 Å². The molecule has 1 amide bonds. The molecule has 0 saturated heterocycles. The number of fused-ring (bicyclic) bond motifs is 1. The molecule has 6 heteroatoms. The molecule has 0 spiro atoms. The molecule has 4 rings (SSSR count). The lowest BCUT2D eigenvalue weighted by atomic mass is 10.0. The lowest BCUT2D eigenvalue weighted by Crippen LogP contribution is -2.34. The first kappa shape index (κ1) is 20.1. The molecule has 0 unspecified atom stereocenters. The Morgan fingerprint density at radius 2 is 1.61 bits per heavy atom. The third-order valence-corrected chi connectivity index (χ3v) is 4.97. The maximum atomic E-state index is 13.3. The zero-order valence-electron chi connectivity index (χ0n) is 16.8. The molecule has 0 bridgehead atoms. The van der Waals surface area contributed by atoms with Gasteiger partial charge in [0.05, 0.1) is 23.9 Å². The average Bonchev–Trinajstić information content (AvgIpc) is 2.82. The highest BCUT2D eigenvalue weighted by Crippen LogP contribution is 2.27. The third-order valence-electron chi connectivity index (χ3n) is 4.97. The van der Waals surface area contributed by atoms with Crippen molar-refractivity contribution >= 4 is 22.8 Å². The van der Waals surface area contributed by atoms with Gasteiger partial charge in [0.2, 0.25) is 0 Å². The summed E-state index contributed by atoms with van der Waals surface area (Å²) in [5.41, 5.74) is 2.99. The van der Waals surface area contributed by atoms with Gasteiger partial charge in [-0.15, -0.1) is 0 Å². The molecule has 1 aromatic heterocycles. The van der Waals surface area contributed by atoms with Crippen LogP contribution in [0.3, 0.4) is 0 Å². The van der Waals surface area contributed by atoms with Crippen molar-refractivity contribution in [2.75, 3.05) is 7.11 Å². The maximum Gasteiger partial charge on any atom is 0.333 e. The van der Waals surface area contributed by atoms with Gasteiger partial charge >= 0.3 is 5.97 Å². The van der Waals surface area contributed by atoms with E-state index in [1.54, 1.807) is 54.6 Å². The smallest absolute Gasteiger partial charge is 0.333 e. The van der Waals surface area contributed by atoms with Crippen LogP contribution in [0.4, 0.5) is 0 Å². The Bertz CT molecular complexity index is 1240. The van der Waals surface area contributed by atoms with Crippen LogP contribution in [0.1, 0.15) is 22.0 Å². The molecule has 1 heterocycles. The molecule has 6 nitrogen and oxygen atoms in total. The summed E-state index contributed by atoms with van der Waals surface area (Å²) >= 11 is 0. The number of phenolic OH excluding ortho intramolecular Hbond substituents is 1. The molecule has 0 aliphatic heterocycles. The van der Waals surface area contributed by atoms with Gasteiger partial charge in [-0.25, -0.2) is 9.78 Å². The first-order valence-corrected chi connectivity index (χ1v) is 9.69. The summed E-state index contributed by atoms with van der Waals surface area (Å²) < 4.78 is 4.91. The van der Waals surface area contributed by atoms with E-state index in [1.807, 2.05) is 30.3 Å². The van der Waals surface area contributed by atoms with E-state index in [1.165, 1.54) is 7.11 Å². The Kier molecular flexibility index (Phi) is 5.62. The molecule has 1 atom stereocenters. The number of hydrogen-bond acceptors (Lipinski definition) is 5. The van der Waals surface area contributed by atoms with Crippen molar-refractivity contribution < 1.29 is 19.4 Å². The van der Waals surface area contributed by atoms with Crippen LogP contribution in [-0.4, -0.2) is 29.1 Å². The number of aromatic nitrogens is 1. The molecule has 0 aliphatic carbocycles. The van der Waals surface area contributed by atoms with Crippen molar-refractivity contribution in [2.45, 2.75) is 6.04 Å². The van der Waals surface area contributed by atoms with Crippen LogP contribution in [-0.2, 0) is 9.53 Å². The van der Waals surface area contributed by atoms with E-state index in [0.717, 1.165) is 5.56 Å². The van der Waals surface area contributed by atoms with Gasteiger partial charge in [0.1, 0.15) is 5.75 Å². The van der Waals surface area contributed by atoms with Crippen LogP contribution >= 0.6 is 0 Å². The topological polar surface area (TPSA) is 88.5 Å². The predicted molar refractivity (Wildman–Crippen MR) is 118 cm³/mol. The number of ether oxygens (including phenoxy) is 1. The van der Waals surface area contributed by atoms with Crippen molar-refractivity contribution in [1.82, 2.24) is 10.3 Å². The van der Waals surface area contributed by atoms with Crippen LogP contribution in [0.5, 0.6) is 5.75 Å². The van der Waals surface area contributed by atoms with Crippen LogP contribution in [0.15, 0.2) is 84.9 Å². The summed E-state index contributed by atoms with van der Waals surface area (Å²) in [7, 11) is 1.29. The number of nitrogens with one attached hydrogen (secondary N) is 1. The van der Waals surface area contributed by atoms with E-state index < -0.39 is 17.9 Å².